The Labute approximate surface area is 123 Å². The zero-order chi connectivity index (χ0) is 15.8. The van der Waals surface area contributed by atoms with Gasteiger partial charge in [0, 0.05) is 5.56 Å². The van der Waals surface area contributed by atoms with E-state index in [-0.39, 0.29) is 13.0 Å². The van der Waals surface area contributed by atoms with E-state index in [1.165, 1.54) is 0 Å². The largest absolute Gasteiger partial charge is 0.466 e. The Bertz CT molecular complexity index is 502. The van der Waals surface area contributed by atoms with Crippen LogP contribution in [-0.4, -0.2) is 30.4 Å². The van der Waals surface area contributed by atoms with Gasteiger partial charge in [-0.1, -0.05) is 25.1 Å². The van der Waals surface area contributed by atoms with Gasteiger partial charge in [-0.2, -0.15) is 0 Å². The normalized spacial score (nSPS) is 13.0. The molecule has 0 bridgehead atoms. The summed E-state index contributed by atoms with van der Waals surface area (Å²) in [7, 11) is 0. The fraction of sp³-hybridized carbons (Fsp3) is 0.400. The Balaban J connectivity index is 2.68. The number of esters is 1. The molecule has 2 atom stereocenters. The lowest BCUT2D eigenvalue weighted by Crippen LogP contribution is -2.46. The number of benzene rings is 1. The summed E-state index contributed by atoms with van der Waals surface area (Å²) in [4.78, 5) is 35.0. The molecule has 1 aromatic rings. The Morgan fingerprint density at radius 3 is 2.38 bits per heavy atom. The van der Waals surface area contributed by atoms with E-state index in [0.717, 1.165) is 0 Å². The first-order valence-electron chi connectivity index (χ1n) is 6.77. The van der Waals surface area contributed by atoms with Crippen molar-refractivity contribution >= 4 is 17.8 Å². The first-order valence-corrected chi connectivity index (χ1v) is 6.77. The van der Waals surface area contributed by atoms with Crippen LogP contribution in [0.2, 0.25) is 0 Å². The van der Waals surface area contributed by atoms with Crippen molar-refractivity contribution < 1.29 is 19.1 Å². The number of hydrogen-bond acceptors (Lipinski definition) is 4. The number of ether oxygens (including phenoxy) is 1. The van der Waals surface area contributed by atoms with E-state index in [1.54, 1.807) is 44.2 Å². The van der Waals surface area contributed by atoms with Crippen molar-refractivity contribution in [1.82, 2.24) is 5.32 Å². The Morgan fingerprint density at radius 1 is 1.24 bits per heavy atom. The minimum Gasteiger partial charge on any atom is -0.466 e. The van der Waals surface area contributed by atoms with E-state index in [4.69, 9.17) is 10.5 Å². The quantitative estimate of drug-likeness (QED) is 0.728. The van der Waals surface area contributed by atoms with Crippen LogP contribution in [0.25, 0.3) is 0 Å². The highest BCUT2D eigenvalue weighted by atomic mass is 16.5. The van der Waals surface area contributed by atoms with E-state index in [2.05, 4.69) is 5.32 Å². The SMILES string of the molecule is CCOC(=O)[C@H](C)C[C@H](NC(=O)c1ccccc1)C(N)=O. The van der Waals surface area contributed by atoms with Crippen LogP contribution in [0.5, 0.6) is 0 Å². The van der Waals surface area contributed by atoms with Crippen molar-refractivity contribution in [1.29, 1.82) is 0 Å². The molecule has 114 valence electrons. The number of rotatable bonds is 7. The number of carbonyl (C=O) groups excluding carboxylic acids is 3. The lowest BCUT2D eigenvalue weighted by molar-refractivity contribution is -0.147. The number of primary amides is 1. The summed E-state index contributed by atoms with van der Waals surface area (Å²) in [6.07, 6.45) is 0.104. The Hall–Kier alpha value is -2.37. The van der Waals surface area contributed by atoms with Crippen LogP contribution in [0.1, 0.15) is 30.6 Å². The van der Waals surface area contributed by atoms with Gasteiger partial charge in [0.05, 0.1) is 12.5 Å². The van der Waals surface area contributed by atoms with Crippen LogP contribution < -0.4 is 11.1 Å². The molecule has 6 heteroatoms. The maximum atomic E-state index is 12.0. The van der Waals surface area contributed by atoms with Gasteiger partial charge < -0.3 is 15.8 Å². The molecule has 0 aliphatic rings. The van der Waals surface area contributed by atoms with Crippen molar-refractivity contribution in [2.75, 3.05) is 6.61 Å². The van der Waals surface area contributed by atoms with Gasteiger partial charge in [0.1, 0.15) is 6.04 Å². The fourth-order valence-corrected chi connectivity index (χ4v) is 1.81. The molecule has 0 radical (unpaired) electrons. The summed E-state index contributed by atoms with van der Waals surface area (Å²) in [5.74, 6) is -2.04. The molecule has 1 rings (SSSR count). The van der Waals surface area contributed by atoms with Crippen LogP contribution in [-0.2, 0) is 14.3 Å². The fourth-order valence-electron chi connectivity index (χ4n) is 1.81. The molecule has 0 fully saturated rings. The van der Waals surface area contributed by atoms with E-state index < -0.39 is 29.7 Å². The molecule has 0 saturated heterocycles. The van der Waals surface area contributed by atoms with Gasteiger partial charge in [0.15, 0.2) is 0 Å². The van der Waals surface area contributed by atoms with E-state index in [1.807, 2.05) is 0 Å². The molecule has 0 aliphatic heterocycles. The summed E-state index contributed by atoms with van der Waals surface area (Å²) in [5.41, 5.74) is 5.70. The van der Waals surface area contributed by atoms with Crippen molar-refractivity contribution in [2.45, 2.75) is 26.3 Å². The topological polar surface area (TPSA) is 98.5 Å². The van der Waals surface area contributed by atoms with Crippen LogP contribution in [0.15, 0.2) is 30.3 Å². The van der Waals surface area contributed by atoms with Gasteiger partial charge in [0.25, 0.3) is 5.91 Å². The van der Waals surface area contributed by atoms with E-state index in [0.29, 0.717) is 5.56 Å². The first-order chi connectivity index (χ1) is 9.95. The Kier molecular flexibility index (Phi) is 6.39. The summed E-state index contributed by atoms with van der Waals surface area (Å²) in [6.45, 7) is 3.59. The van der Waals surface area contributed by atoms with Crippen molar-refractivity contribution in [3.8, 4) is 0 Å². The lowest BCUT2D eigenvalue weighted by Gasteiger charge is -2.18. The first kappa shape index (κ1) is 16.7. The minimum atomic E-state index is -0.919. The molecule has 1 aromatic carbocycles. The van der Waals surface area contributed by atoms with E-state index in [9.17, 15) is 14.4 Å². The second-order valence-corrected chi connectivity index (χ2v) is 4.68. The molecule has 0 aromatic heterocycles. The zero-order valence-corrected chi connectivity index (χ0v) is 12.2. The smallest absolute Gasteiger partial charge is 0.308 e. The summed E-state index contributed by atoms with van der Waals surface area (Å²) in [5, 5.41) is 2.54. The molecule has 3 N–H and O–H groups in total. The predicted molar refractivity (Wildman–Crippen MR) is 77.3 cm³/mol. The number of hydrogen-bond donors (Lipinski definition) is 2. The van der Waals surface area contributed by atoms with Crippen LogP contribution in [0, 0.1) is 5.92 Å². The zero-order valence-electron chi connectivity index (χ0n) is 12.2. The molecule has 0 saturated carbocycles. The summed E-state index contributed by atoms with van der Waals surface area (Å²) >= 11 is 0. The predicted octanol–water partition coefficient (Wildman–Crippen LogP) is 0.860. The number of nitrogens with one attached hydrogen (secondary N) is 1. The maximum Gasteiger partial charge on any atom is 0.308 e. The van der Waals surface area contributed by atoms with Crippen LogP contribution in [0.3, 0.4) is 0 Å². The summed E-state index contributed by atoms with van der Waals surface area (Å²) in [6, 6.07) is 7.55. The second-order valence-electron chi connectivity index (χ2n) is 4.68. The van der Waals surface area contributed by atoms with Crippen LogP contribution >= 0.6 is 0 Å². The third-order valence-corrected chi connectivity index (χ3v) is 2.96. The molecule has 0 heterocycles. The molecule has 0 unspecified atom stereocenters. The average Bonchev–Trinajstić information content (AvgIpc) is 2.47. The highest BCUT2D eigenvalue weighted by Gasteiger charge is 2.25. The highest BCUT2D eigenvalue weighted by Crippen LogP contribution is 2.09. The van der Waals surface area contributed by atoms with Gasteiger partial charge in [-0.05, 0) is 25.5 Å². The van der Waals surface area contributed by atoms with E-state index >= 15 is 0 Å². The molecular weight excluding hydrogens is 272 g/mol. The molecule has 0 spiro atoms. The maximum absolute atomic E-state index is 12.0. The minimum absolute atomic E-state index is 0.104. The van der Waals surface area contributed by atoms with Crippen molar-refractivity contribution in [3.05, 3.63) is 35.9 Å². The number of amides is 2. The standard InChI is InChI=1S/C15H20N2O4/c1-3-21-15(20)10(2)9-12(13(16)18)17-14(19)11-7-5-4-6-8-11/h4-8,10,12H,3,9H2,1-2H3,(H2,16,18)(H,17,19)/t10-,12+/m1/s1. The van der Waals surface area contributed by atoms with Gasteiger partial charge >= 0.3 is 5.97 Å². The number of nitrogens with two attached hydrogens (primary N) is 1. The molecule has 21 heavy (non-hydrogen) atoms. The molecule has 2 amide bonds. The second kappa shape index (κ2) is 8.04. The van der Waals surface area contributed by atoms with Gasteiger partial charge in [-0.25, -0.2) is 0 Å². The molecular formula is C15H20N2O4. The van der Waals surface area contributed by atoms with Gasteiger partial charge in [-0.15, -0.1) is 0 Å². The Morgan fingerprint density at radius 2 is 1.86 bits per heavy atom. The lowest BCUT2D eigenvalue weighted by atomic mass is 10.0. The summed E-state index contributed by atoms with van der Waals surface area (Å²) < 4.78 is 4.87. The average molecular weight is 292 g/mol. The van der Waals surface area contributed by atoms with Crippen molar-refractivity contribution in [3.63, 3.8) is 0 Å². The third kappa shape index (κ3) is 5.25. The molecule has 0 aliphatic carbocycles. The van der Waals surface area contributed by atoms with Crippen LogP contribution in [0.4, 0.5) is 0 Å². The highest BCUT2D eigenvalue weighted by molar-refractivity contribution is 5.97. The number of carbonyl (C=O) groups is 3. The van der Waals surface area contributed by atoms with Gasteiger partial charge in [-0.3, -0.25) is 14.4 Å². The van der Waals surface area contributed by atoms with Crippen molar-refractivity contribution in [2.24, 2.45) is 11.7 Å². The molecule has 6 nitrogen and oxygen atoms in total. The monoisotopic (exact) mass is 292 g/mol. The van der Waals surface area contributed by atoms with Gasteiger partial charge in [0.2, 0.25) is 5.91 Å². The third-order valence-electron chi connectivity index (χ3n) is 2.96.